The van der Waals surface area contributed by atoms with E-state index in [4.69, 9.17) is 0 Å². The number of nitrogens with one attached hydrogen (secondary N) is 1. The third kappa shape index (κ3) is 3.21. The van der Waals surface area contributed by atoms with Crippen molar-refractivity contribution in [2.75, 3.05) is 5.75 Å². The number of fused-ring (bicyclic) bond motifs is 1. The van der Waals surface area contributed by atoms with Gasteiger partial charge in [0, 0.05) is 6.04 Å². The third-order valence-corrected chi connectivity index (χ3v) is 6.00. The third-order valence-electron chi connectivity index (χ3n) is 5.05. The topological polar surface area (TPSA) is 87.8 Å². The number of nitrogens with zero attached hydrogens (tertiary/aromatic N) is 3. The zero-order valence-electron chi connectivity index (χ0n) is 14.6. The average Bonchev–Trinajstić information content (AvgIpc) is 3.52. The first kappa shape index (κ1) is 17.1. The van der Waals surface area contributed by atoms with Crippen LogP contribution in [-0.4, -0.2) is 26.8 Å². The largest absolute Gasteiger partial charge is 0.337 e. The van der Waals surface area contributed by atoms with Crippen molar-refractivity contribution in [2.24, 2.45) is 5.92 Å². The van der Waals surface area contributed by atoms with Gasteiger partial charge in [0.2, 0.25) is 5.91 Å². The van der Waals surface area contributed by atoms with E-state index in [1.54, 1.807) is 17.6 Å². The van der Waals surface area contributed by atoms with Crippen LogP contribution in [0.1, 0.15) is 38.6 Å². The highest BCUT2D eigenvalue weighted by atomic mass is 32.2. The minimum absolute atomic E-state index is 0.0409. The van der Waals surface area contributed by atoms with Gasteiger partial charge in [0.05, 0.1) is 22.7 Å². The van der Waals surface area contributed by atoms with Crippen molar-refractivity contribution in [3.8, 4) is 6.07 Å². The molecule has 0 radical (unpaired) electrons. The highest BCUT2D eigenvalue weighted by Gasteiger charge is 2.43. The molecule has 0 unspecified atom stereocenters. The molecule has 7 heteroatoms. The number of hydrogen-bond donors (Lipinski definition) is 1. The molecule has 2 saturated carbocycles. The molecule has 134 valence electrons. The lowest BCUT2D eigenvalue weighted by atomic mass is 9.98. The van der Waals surface area contributed by atoms with Gasteiger partial charge in [-0.2, -0.15) is 5.26 Å². The Labute approximate surface area is 155 Å². The Kier molecular flexibility index (Phi) is 4.23. The zero-order valence-corrected chi connectivity index (χ0v) is 15.4. The van der Waals surface area contributed by atoms with Crippen molar-refractivity contribution >= 4 is 28.6 Å². The lowest BCUT2D eigenvalue weighted by molar-refractivity contribution is -0.119. The van der Waals surface area contributed by atoms with E-state index in [0.29, 0.717) is 16.1 Å². The van der Waals surface area contributed by atoms with Crippen LogP contribution in [0.5, 0.6) is 0 Å². The summed E-state index contributed by atoms with van der Waals surface area (Å²) in [6.45, 7) is 1.78. The highest BCUT2D eigenvalue weighted by Crippen LogP contribution is 2.39. The molecular formula is C19H20N4O2S. The molecule has 2 fully saturated rings. The molecule has 1 N–H and O–H groups in total. The summed E-state index contributed by atoms with van der Waals surface area (Å²) in [7, 11) is 0. The van der Waals surface area contributed by atoms with Crippen LogP contribution in [0.2, 0.25) is 0 Å². The Morgan fingerprint density at radius 3 is 2.77 bits per heavy atom. The van der Waals surface area contributed by atoms with E-state index in [1.807, 2.05) is 18.2 Å². The molecule has 4 rings (SSSR count). The number of nitriles is 1. The minimum Gasteiger partial charge on any atom is -0.337 e. The minimum atomic E-state index is -0.801. The molecule has 1 amide bonds. The molecule has 0 spiro atoms. The molecule has 26 heavy (non-hydrogen) atoms. The van der Waals surface area contributed by atoms with Gasteiger partial charge in [0.1, 0.15) is 5.54 Å². The van der Waals surface area contributed by atoms with Crippen molar-refractivity contribution in [2.45, 2.75) is 49.3 Å². The van der Waals surface area contributed by atoms with Gasteiger partial charge in [0.25, 0.3) is 5.56 Å². The molecule has 2 aliphatic rings. The van der Waals surface area contributed by atoms with E-state index in [0.717, 1.165) is 25.7 Å². The standard InChI is InChI=1S/C19H20N4O2S/c1-19(11-20,12-6-7-12)22-16(24)10-26-18-21-15-5-3-2-4-14(15)17(25)23(18)13-8-9-13/h2-5,12-13H,6-10H2,1H3,(H,22,24)/t19-/m0/s1. The van der Waals surface area contributed by atoms with Crippen LogP contribution in [-0.2, 0) is 4.79 Å². The Hall–Kier alpha value is -2.33. The number of aromatic nitrogens is 2. The van der Waals surface area contributed by atoms with Crippen LogP contribution < -0.4 is 10.9 Å². The van der Waals surface area contributed by atoms with Gasteiger partial charge in [-0.05, 0) is 50.7 Å². The second kappa shape index (κ2) is 6.44. The summed E-state index contributed by atoms with van der Waals surface area (Å²) in [6.07, 6.45) is 3.89. The molecule has 1 heterocycles. The molecule has 1 aromatic carbocycles. The molecule has 2 aliphatic carbocycles. The number of hydrogen-bond acceptors (Lipinski definition) is 5. The molecular weight excluding hydrogens is 348 g/mol. The predicted molar refractivity (Wildman–Crippen MR) is 99.9 cm³/mol. The van der Waals surface area contributed by atoms with Crippen LogP contribution in [0.3, 0.4) is 0 Å². The number of thioether (sulfide) groups is 1. The molecule has 2 aromatic rings. The fraction of sp³-hybridized carbons (Fsp3) is 0.474. The summed E-state index contributed by atoms with van der Waals surface area (Å²) >= 11 is 1.27. The van der Waals surface area contributed by atoms with E-state index in [1.165, 1.54) is 11.8 Å². The first-order valence-electron chi connectivity index (χ1n) is 8.88. The first-order chi connectivity index (χ1) is 12.5. The second-order valence-electron chi connectivity index (χ2n) is 7.24. The number of benzene rings is 1. The SMILES string of the molecule is C[C@@](C#N)(NC(=O)CSc1nc2ccccc2c(=O)n1C1CC1)C1CC1. The summed E-state index contributed by atoms with van der Waals surface area (Å²) in [6, 6.07) is 9.71. The number of carbonyl (C=O) groups is 1. The normalized spacial score (nSPS) is 18.9. The predicted octanol–water partition coefficient (Wildman–Crippen LogP) is 2.63. The molecule has 0 aliphatic heterocycles. The molecule has 1 atom stereocenters. The fourth-order valence-electron chi connectivity index (χ4n) is 3.22. The van der Waals surface area contributed by atoms with Crippen molar-refractivity contribution in [1.82, 2.24) is 14.9 Å². The monoisotopic (exact) mass is 368 g/mol. The summed E-state index contributed by atoms with van der Waals surface area (Å²) in [5.74, 6) is 0.183. The lowest BCUT2D eigenvalue weighted by Gasteiger charge is -2.22. The van der Waals surface area contributed by atoms with Crippen molar-refractivity contribution in [3.05, 3.63) is 34.6 Å². The maximum absolute atomic E-state index is 12.8. The molecule has 0 saturated heterocycles. The molecule has 6 nitrogen and oxygen atoms in total. The maximum atomic E-state index is 12.8. The average molecular weight is 368 g/mol. The van der Waals surface area contributed by atoms with Gasteiger partial charge in [-0.1, -0.05) is 23.9 Å². The van der Waals surface area contributed by atoms with Crippen molar-refractivity contribution < 1.29 is 4.79 Å². The van der Waals surface area contributed by atoms with E-state index in [9.17, 15) is 14.9 Å². The first-order valence-corrected chi connectivity index (χ1v) is 9.87. The van der Waals surface area contributed by atoms with E-state index >= 15 is 0 Å². The summed E-state index contributed by atoms with van der Waals surface area (Å²) in [5, 5.41) is 13.4. The number of rotatable bonds is 6. The maximum Gasteiger partial charge on any atom is 0.262 e. The number of para-hydroxylation sites is 1. The van der Waals surface area contributed by atoms with Crippen LogP contribution >= 0.6 is 11.8 Å². The van der Waals surface area contributed by atoms with Crippen molar-refractivity contribution in [1.29, 1.82) is 5.26 Å². The smallest absolute Gasteiger partial charge is 0.262 e. The van der Waals surface area contributed by atoms with Crippen LogP contribution in [0.4, 0.5) is 0 Å². The summed E-state index contributed by atoms with van der Waals surface area (Å²) in [4.78, 5) is 29.8. The summed E-state index contributed by atoms with van der Waals surface area (Å²) < 4.78 is 1.73. The zero-order chi connectivity index (χ0) is 18.3. The number of amides is 1. The highest BCUT2D eigenvalue weighted by molar-refractivity contribution is 7.99. The molecule has 1 aromatic heterocycles. The Morgan fingerprint density at radius 2 is 2.12 bits per heavy atom. The fourth-order valence-corrected chi connectivity index (χ4v) is 4.09. The van der Waals surface area contributed by atoms with Crippen LogP contribution in [0, 0.1) is 17.2 Å². The van der Waals surface area contributed by atoms with Crippen LogP contribution in [0.15, 0.2) is 34.2 Å². The van der Waals surface area contributed by atoms with Gasteiger partial charge in [-0.3, -0.25) is 14.2 Å². The lowest BCUT2D eigenvalue weighted by Crippen LogP contribution is -2.47. The van der Waals surface area contributed by atoms with Crippen molar-refractivity contribution in [3.63, 3.8) is 0 Å². The quantitative estimate of drug-likeness (QED) is 0.625. The van der Waals surface area contributed by atoms with E-state index < -0.39 is 5.54 Å². The van der Waals surface area contributed by atoms with Gasteiger partial charge in [-0.25, -0.2) is 4.98 Å². The number of carbonyl (C=O) groups excluding carboxylic acids is 1. The van der Waals surface area contributed by atoms with Gasteiger partial charge in [-0.15, -0.1) is 0 Å². The Balaban J connectivity index is 1.55. The van der Waals surface area contributed by atoms with Gasteiger partial charge >= 0.3 is 0 Å². The second-order valence-corrected chi connectivity index (χ2v) is 8.19. The van der Waals surface area contributed by atoms with Gasteiger partial charge in [0.15, 0.2) is 5.16 Å². The Bertz CT molecular complexity index is 972. The van der Waals surface area contributed by atoms with Gasteiger partial charge < -0.3 is 5.32 Å². The van der Waals surface area contributed by atoms with Crippen LogP contribution in [0.25, 0.3) is 10.9 Å². The Morgan fingerprint density at radius 1 is 1.38 bits per heavy atom. The molecule has 0 bridgehead atoms. The summed E-state index contributed by atoms with van der Waals surface area (Å²) in [5.41, 5.74) is -0.192. The van der Waals surface area contributed by atoms with E-state index in [-0.39, 0.29) is 29.2 Å². The van der Waals surface area contributed by atoms with E-state index in [2.05, 4.69) is 16.4 Å².